The number of nitro groups is 1. The van der Waals surface area contributed by atoms with Crippen molar-refractivity contribution in [2.75, 3.05) is 13.2 Å². The van der Waals surface area contributed by atoms with Crippen molar-refractivity contribution in [2.24, 2.45) is 0 Å². The number of hydrogen-bond donors (Lipinski definition) is 1. The lowest BCUT2D eigenvalue weighted by molar-refractivity contribution is -0.385. The molecule has 102 valence electrons. The summed E-state index contributed by atoms with van der Waals surface area (Å²) >= 11 is 3.19. The van der Waals surface area contributed by atoms with Gasteiger partial charge in [-0.1, -0.05) is 22.9 Å². The van der Waals surface area contributed by atoms with E-state index < -0.39 is 4.92 Å². The van der Waals surface area contributed by atoms with Gasteiger partial charge in [0.25, 0.3) is 5.69 Å². The van der Waals surface area contributed by atoms with Gasteiger partial charge < -0.3 is 10.1 Å². The summed E-state index contributed by atoms with van der Waals surface area (Å²) < 4.78 is 6.01. The summed E-state index contributed by atoms with van der Waals surface area (Å²) in [4.78, 5) is 10.2. The average molecular weight is 328 g/mol. The second-order valence-electron chi connectivity index (χ2n) is 3.78. The Morgan fingerprint density at radius 1 is 1.58 bits per heavy atom. The van der Waals surface area contributed by atoms with Crippen LogP contribution in [0.5, 0.6) is 5.75 Å². The maximum atomic E-state index is 10.7. The minimum Gasteiger partial charge on any atom is -0.493 e. The zero-order chi connectivity index (χ0) is 14.3. The number of ether oxygens (including phenoxy) is 1. The molecule has 0 amide bonds. The highest BCUT2D eigenvalue weighted by Gasteiger charge is 2.10. The summed E-state index contributed by atoms with van der Waals surface area (Å²) in [7, 11) is 0. The van der Waals surface area contributed by atoms with Gasteiger partial charge in [-0.3, -0.25) is 10.1 Å². The number of nitrogens with one attached hydrogen (secondary N) is 1. The fraction of sp³-hybridized carbons (Fsp3) is 0.417. The minimum atomic E-state index is -0.478. The molecule has 0 spiro atoms. The fourth-order valence-corrected chi connectivity index (χ4v) is 1.95. The molecular formula is C12H14BrN3O3. The first-order valence-corrected chi connectivity index (χ1v) is 6.57. The summed E-state index contributed by atoms with van der Waals surface area (Å²) in [6, 6.07) is 6.27. The van der Waals surface area contributed by atoms with Gasteiger partial charge in [-0.15, -0.1) is 0 Å². The molecule has 7 heteroatoms. The van der Waals surface area contributed by atoms with E-state index in [0.29, 0.717) is 29.8 Å². The van der Waals surface area contributed by atoms with Crippen LogP contribution in [0.2, 0.25) is 0 Å². The van der Waals surface area contributed by atoms with E-state index in [2.05, 4.69) is 27.3 Å². The molecule has 1 aromatic rings. The molecule has 1 atom stereocenters. The van der Waals surface area contributed by atoms with Crippen molar-refractivity contribution in [2.45, 2.75) is 19.4 Å². The smallest absolute Gasteiger partial charge is 0.274 e. The monoisotopic (exact) mass is 327 g/mol. The predicted molar refractivity (Wildman–Crippen MR) is 74.0 cm³/mol. The highest BCUT2D eigenvalue weighted by Crippen LogP contribution is 2.26. The van der Waals surface area contributed by atoms with Crippen molar-refractivity contribution in [3.63, 3.8) is 0 Å². The third-order valence-electron chi connectivity index (χ3n) is 2.35. The molecule has 0 aliphatic heterocycles. The number of nitrogens with zero attached hydrogens (tertiary/aromatic N) is 2. The Labute approximate surface area is 119 Å². The molecule has 0 bridgehead atoms. The summed E-state index contributed by atoms with van der Waals surface area (Å²) in [5.41, 5.74) is -0.0344. The molecule has 0 saturated heterocycles. The zero-order valence-corrected chi connectivity index (χ0v) is 12.0. The van der Waals surface area contributed by atoms with Gasteiger partial charge in [0.05, 0.1) is 29.7 Å². The van der Waals surface area contributed by atoms with E-state index in [-0.39, 0.29) is 11.7 Å². The maximum absolute atomic E-state index is 10.7. The molecule has 0 aromatic heterocycles. The van der Waals surface area contributed by atoms with Crippen LogP contribution < -0.4 is 10.1 Å². The number of hydrogen-bond acceptors (Lipinski definition) is 5. The second-order valence-corrected chi connectivity index (χ2v) is 4.69. The van der Waals surface area contributed by atoms with Crippen LogP contribution in [-0.4, -0.2) is 24.1 Å². The van der Waals surface area contributed by atoms with Crippen molar-refractivity contribution in [1.82, 2.24) is 5.32 Å². The first kappa shape index (κ1) is 15.4. The first-order chi connectivity index (χ1) is 9.06. The molecule has 0 fully saturated rings. The quantitative estimate of drug-likeness (QED) is 0.614. The predicted octanol–water partition coefficient (Wildman–Crippen LogP) is 2.63. The van der Waals surface area contributed by atoms with Crippen LogP contribution in [0.15, 0.2) is 22.7 Å². The van der Waals surface area contributed by atoms with Crippen molar-refractivity contribution >= 4 is 21.6 Å². The molecule has 1 N–H and O–H groups in total. The topological polar surface area (TPSA) is 88.2 Å². The molecule has 19 heavy (non-hydrogen) atoms. The van der Waals surface area contributed by atoms with E-state index in [9.17, 15) is 10.1 Å². The number of nitriles is 1. The molecule has 6 nitrogen and oxygen atoms in total. The van der Waals surface area contributed by atoms with E-state index in [1.807, 2.05) is 6.92 Å². The van der Waals surface area contributed by atoms with E-state index >= 15 is 0 Å². The Bertz CT molecular complexity index is 488. The second kappa shape index (κ2) is 7.71. The highest BCUT2D eigenvalue weighted by molar-refractivity contribution is 9.10. The van der Waals surface area contributed by atoms with Crippen LogP contribution in [0.3, 0.4) is 0 Å². The van der Waals surface area contributed by atoms with E-state index in [0.717, 1.165) is 0 Å². The van der Waals surface area contributed by atoms with Gasteiger partial charge in [-0.25, -0.2) is 0 Å². The van der Waals surface area contributed by atoms with Crippen molar-refractivity contribution in [3.8, 4) is 11.8 Å². The first-order valence-electron chi connectivity index (χ1n) is 5.77. The number of nitro benzene ring substituents is 1. The van der Waals surface area contributed by atoms with E-state index in [1.165, 1.54) is 12.1 Å². The fourth-order valence-electron chi connectivity index (χ4n) is 1.49. The Morgan fingerprint density at radius 3 is 2.89 bits per heavy atom. The van der Waals surface area contributed by atoms with Gasteiger partial charge in [0.15, 0.2) is 0 Å². The molecular weight excluding hydrogens is 314 g/mol. The van der Waals surface area contributed by atoms with E-state index in [4.69, 9.17) is 10.00 Å². The Balaban J connectivity index is 2.58. The van der Waals surface area contributed by atoms with Gasteiger partial charge >= 0.3 is 0 Å². The lowest BCUT2D eigenvalue weighted by Crippen LogP contribution is -2.28. The standard InChI is InChI=1S/C12H14BrN3O3/c1-2-15-10(8-14)3-4-19-12-6-9(13)5-11(7-12)16(17)18/h5-7,10,15H,2-4H2,1H3. The summed E-state index contributed by atoms with van der Waals surface area (Å²) in [6.07, 6.45) is 0.519. The average Bonchev–Trinajstić information content (AvgIpc) is 2.37. The van der Waals surface area contributed by atoms with E-state index in [1.54, 1.807) is 6.07 Å². The van der Waals surface area contributed by atoms with Crippen molar-refractivity contribution in [1.29, 1.82) is 5.26 Å². The lowest BCUT2D eigenvalue weighted by atomic mass is 10.2. The van der Waals surface area contributed by atoms with Gasteiger partial charge in [0.2, 0.25) is 0 Å². The van der Waals surface area contributed by atoms with Crippen LogP contribution in [0.4, 0.5) is 5.69 Å². The van der Waals surface area contributed by atoms with Crippen LogP contribution >= 0.6 is 15.9 Å². The lowest BCUT2D eigenvalue weighted by Gasteiger charge is -2.11. The zero-order valence-electron chi connectivity index (χ0n) is 10.4. The third-order valence-corrected chi connectivity index (χ3v) is 2.81. The van der Waals surface area contributed by atoms with Crippen LogP contribution in [-0.2, 0) is 0 Å². The molecule has 0 aliphatic carbocycles. The number of benzene rings is 1. The summed E-state index contributed by atoms with van der Waals surface area (Å²) in [6.45, 7) is 2.95. The van der Waals surface area contributed by atoms with Crippen molar-refractivity contribution in [3.05, 3.63) is 32.8 Å². The van der Waals surface area contributed by atoms with Crippen LogP contribution in [0.1, 0.15) is 13.3 Å². The van der Waals surface area contributed by atoms with Crippen LogP contribution in [0, 0.1) is 21.4 Å². The SMILES string of the molecule is CCNC(C#N)CCOc1cc(Br)cc([N+](=O)[O-])c1. The normalized spacial score (nSPS) is 11.6. The maximum Gasteiger partial charge on any atom is 0.274 e. The van der Waals surface area contributed by atoms with Gasteiger partial charge in [-0.2, -0.15) is 5.26 Å². The molecule has 0 heterocycles. The molecule has 0 radical (unpaired) electrons. The highest BCUT2D eigenvalue weighted by atomic mass is 79.9. The molecule has 1 unspecified atom stereocenters. The summed E-state index contributed by atoms with van der Waals surface area (Å²) in [5, 5.41) is 22.5. The van der Waals surface area contributed by atoms with Gasteiger partial charge in [0, 0.05) is 17.0 Å². The molecule has 0 aliphatic rings. The number of rotatable bonds is 7. The largest absolute Gasteiger partial charge is 0.493 e. The molecule has 1 aromatic carbocycles. The van der Waals surface area contributed by atoms with Crippen molar-refractivity contribution < 1.29 is 9.66 Å². The Kier molecular flexibility index (Phi) is 6.25. The molecule has 0 saturated carbocycles. The minimum absolute atomic E-state index is 0.0344. The molecule has 1 rings (SSSR count). The van der Waals surface area contributed by atoms with Gasteiger partial charge in [0.1, 0.15) is 5.75 Å². The number of non-ortho nitro benzene ring substituents is 1. The van der Waals surface area contributed by atoms with Gasteiger partial charge in [-0.05, 0) is 12.6 Å². The number of halogens is 1. The third kappa shape index (κ3) is 5.24. The van der Waals surface area contributed by atoms with Crippen LogP contribution in [0.25, 0.3) is 0 Å². The summed E-state index contributed by atoms with van der Waals surface area (Å²) in [5.74, 6) is 0.411. The Hall–Kier alpha value is -1.65. The Morgan fingerprint density at radius 2 is 2.32 bits per heavy atom.